The maximum absolute atomic E-state index is 5.78. The molecule has 0 spiro atoms. The monoisotopic (exact) mass is 214 g/mol. The highest BCUT2D eigenvalue weighted by atomic mass is 32.1. The minimum absolute atomic E-state index is 0.331. The molecule has 1 saturated carbocycles. The van der Waals surface area contributed by atoms with Crippen LogP contribution < -0.4 is 5.84 Å². The SMILES string of the molecule is COC1(c2n[nH]c(=S)n2N)CCCC1. The van der Waals surface area contributed by atoms with Gasteiger partial charge in [-0.1, -0.05) is 0 Å². The van der Waals surface area contributed by atoms with Gasteiger partial charge in [0.2, 0.25) is 4.77 Å². The molecule has 6 heteroatoms. The van der Waals surface area contributed by atoms with Crippen LogP contribution in [-0.2, 0) is 10.3 Å². The lowest BCUT2D eigenvalue weighted by Gasteiger charge is -2.25. The van der Waals surface area contributed by atoms with E-state index in [4.69, 9.17) is 22.8 Å². The van der Waals surface area contributed by atoms with Crippen molar-refractivity contribution in [2.75, 3.05) is 13.0 Å². The lowest BCUT2D eigenvalue weighted by molar-refractivity contribution is -0.0182. The first-order valence-corrected chi connectivity index (χ1v) is 5.08. The Balaban J connectivity index is 2.46. The largest absolute Gasteiger partial charge is 0.370 e. The van der Waals surface area contributed by atoms with Crippen LogP contribution in [0.15, 0.2) is 0 Å². The molecular weight excluding hydrogens is 200 g/mol. The van der Waals surface area contributed by atoms with E-state index >= 15 is 0 Å². The van der Waals surface area contributed by atoms with E-state index < -0.39 is 0 Å². The fourth-order valence-corrected chi connectivity index (χ4v) is 2.22. The lowest BCUT2D eigenvalue weighted by Crippen LogP contribution is -2.31. The number of hydrogen-bond donors (Lipinski definition) is 2. The second-order valence-corrected chi connectivity index (χ2v) is 4.01. The molecule has 0 bridgehead atoms. The standard InChI is InChI=1S/C8H14N4OS/c1-13-8(4-2-3-5-8)6-10-11-7(14)12(6)9/h2-5,9H2,1H3,(H,11,14). The fourth-order valence-electron chi connectivity index (χ4n) is 2.09. The smallest absolute Gasteiger partial charge is 0.214 e. The van der Waals surface area contributed by atoms with Crippen LogP contribution in [0.4, 0.5) is 0 Å². The third-order valence-electron chi connectivity index (χ3n) is 2.91. The summed E-state index contributed by atoms with van der Waals surface area (Å²) in [6.07, 6.45) is 4.21. The van der Waals surface area contributed by atoms with Gasteiger partial charge in [-0.05, 0) is 37.9 Å². The molecular formula is C8H14N4OS. The first-order valence-electron chi connectivity index (χ1n) is 4.68. The van der Waals surface area contributed by atoms with Crippen molar-refractivity contribution in [1.29, 1.82) is 0 Å². The van der Waals surface area contributed by atoms with Crippen molar-refractivity contribution in [2.24, 2.45) is 0 Å². The first kappa shape index (κ1) is 9.67. The van der Waals surface area contributed by atoms with Gasteiger partial charge in [0.15, 0.2) is 5.82 Å². The predicted octanol–water partition coefficient (Wildman–Crippen LogP) is 1.07. The number of ether oxygens (including phenoxy) is 1. The van der Waals surface area contributed by atoms with Gasteiger partial charge in [0.1, 0.15) is 5.60 Å². The van der Waals surface area contributed by atoms with Crippen LogP contribution in [0.2, 0.25) is 0 Å². The van der Waals surface area contributed by atoms with Gasteiger partial charge in [0, 0.05) is 7.11 Å². The van der Waals surface area contributed by atoms with Gasteiger partial charge in [0.25, 0.3) is 0 Å². The molecule has 14 heavy (non-hydrogen) atoms. The summed E-state index contributed by atoms with van der Waals surface area (Å²) < 4.78 is 7.39. The molecule has 1 fully saturated rings. The summed E-state index contributed by atoms with van der Waals surface area (Å²) in [4.78, 5) is 0. The van der Waals surface area contributed by atoms with Crippen molar-refractivity contribution in [3.63, 3.8) is 0 Å². The summed E-state index contributed by atoms with van der Waals surface area (Å²) in [7, 11) is 1.70. The number of aromatic nitrogens is 3. The molecule has 0 radical (unpaired) electrons. The number of H-pyrrole nitrogens is 1. The topological polar surface area (TPSA) is 68.9 Å². The number of nitrogens with one attached hydrogen (secondary N) is 1. The molecule has 1 heterocycles. The van der Waals surface area contributed by atoms with Crippen LogP contribution in [0, 0.1) is 4.77 Å². The van der Waals surface area contributed by atoms with E-state index in [1.807, 2.05) is 0 Å². The molecule has 1 aromatic rings. The number of hydrogen-bond acceptors (Lipinski definition) is 4. The van der Waals surface area contributed by atoms with E-state index in [0.717, 1.165) is 25.7 Å². The highest BCUT2D eigenvalue weighted by Crippen LogP contribution is 2.40. The number of aromatic amines is 1. The summed E-state index contributed by atoms with van der Waals surface area (Å²) in [5.41, 5.74) is -0.331. The quantitative estimate of drug-likeness (QED) is 0.571. The van der Waals surface area contributed by atoms with Gasteiger partial charge in [-0.2, -0.15) is 5.10 Å². The highest BCUT2D eigenvalue weighted by molar-refractivity contribution is 7.71. The van der Waals surface area contributed by atoms with Crippen LogP contribution in [0.25, 0.3) is 0 Å². The number of methoxy groups -OCH3 is 1. The fraction of sp³-hybridized carbons (Fsp3) is 0.750. The second kappa shape index (κ2) is 3.36. The van der Waals surface area contributed by atoms with Gasteiger partial charge in [0.05, 0.1) is 0 Å². The Hall–Kier alpha value is -0.880. The predicted molar refractivity (Wildman–Crippen MR) is 54.7 cm³/mol. The summed E-state index contributed by atoms with van der Waals surface area (Å²) in [6.45, 7) is 0. The molecule has 0 aliphatic heterocycles. The molecule has 0 atom stereocenters. The Morgan fingerprint density at radius 2 is 2.21 bits per heavy atom. The maximum atomic E-state index is 5.78. The molecule has 0 saturated heterocycles. The molecule has 1 aliphatic carbocycles. The Kier molecular flexibility index (Phi) is 2.32. The zero-order chi connectivity index (χ0) is 10.2. The molecule has 0 unspecified atom stereocenters. The van der Waals surface area contributed by atoms with Crippen molar-refractivity contribution in [2.45, 2.75) is 31.3 Å². The average Bonchev–Trinajstić information content (AvgIpc) is 2.77. The van der Waals surface area contributed by atoms with Gasteiger partial charge in [-0.15, -0.1) is 0 Å². The van der Waals surface area contributed by atoms with E-state index in [0.29, 0.717) is 10.6 Å². The van der Waals surface area contributed by atoms with E-state index in [9.17, 15) is 0 Å². The van der Waals surface area contributed by atoms with Gasteiger partial charge in [-0.25, -0.2) is 4.68 Å². The minimum atomic E-state index is -0.331. The molecule has 1 aliphatic rings. The third-order valence-corrected chi connectivity index (χ3v) is 3.20. The number of nitrogens with two attached hydrogens (primary N) is 1. The van der Waals surface area contributed by atoms with Crippen molar-refractivity contribution in [1.82, 2.24) is 14.9 Å². The van der Waals surface area contributed by atoms with Crippen molar-refractivity contribution < 1.29 is 4.74 Å². The Bertz CT molecular complexity index is 377. The van der Waals surface area contributed by atoms with E-state index in [-0.39, 0.29) is 5.60 Å². The van der Waals surface area contributed by atoms with Gasteiger partial charge >= 0.3 is 0 Å². The van der Waals surface area contributed by atoms with Crippen LogP contribution in [0.3, 0.4) is 0 Å². The van der Waals surface area contributed by atoms with E-state index in [1.54, 1.807) is 7.11 Å². The molecule has 3 N–H and O–H groups in total. The van der Waals surface area contributed by atoms with Crippen molar-refractivity contribution in [3.05, 3.63) is 10.6 Å². The maximum Gasteiger partial charge on any atom is 0.214 e. The molecule has 1 aromatic heterocycles. The summed E-state index contributed by atoms with van der Waals surface area (Å²) in [6, 6.07) is 0. The summed E-state index contributed by atoms with van der Waals surface area (Å²) in [5, 5.41) is 6.82. The van der Waals surface area contributed by atoms with Crippen LogP contribution in [0.5, 0.6) is 0 Å². The average molecular weight is 214 g/mol. The normalized spacial score (nSPS) is 20.1. The minimum Gasteiger partial charge on any atom is -0.370 e. The summed E-state index contributed by atoms with van der Waals surface area (Å²) in [5.74, 6) is 6.49. The number of rotatable bonds is 2. The molecule has 5 nitrogen and oxygen atoms in total. The lowest BCUT2D eigenvalue weighted by atomic mass is 10.0. The van der Waals surface area contributed by atoms with Crippen molar-refractivity contribution >= 4 is 12.2 Å². The summed E-state index contributed by atoms with van der Waals surface area (Å²) >= 11 is 4.97. The van der Waals surface area contributed by atoms with Crippen molar-refractivity contribution in [3.8, 4) is 0 Å². The molecule has 0 amide bonds. The first-order chi connectivity index (χ1) is 6.69. The second-order valence-electron chi connectivity index (χ2n) is 3.63. The van der Waals surface area contributed by atoms with Crippen LogP contribution in [0.1, 0.15) is 31.5 Å². The zero-order valence-corrected chi connectivity index (χ0v) is 8.93. The van der Waals surface area contributed by atoms with Gasteiger partial charge in [-0.3, -0.25) is 5.10 Å². The molecule has 78 valence electrons. The van der Waals surface area contributed by atoms with Crippen LogP contribution >= 0.6 is 12.2 Å². The Labute approximate surface area is 87.2 Å². The Morgan fingerprint density at radius 1 is 1.57 bits per heavy atom. The third kappa shape index (κ3) is 1.26. The van der Waals surface area contributed by atoms with Crippen LogP contribution in [-0.4, -0.2) is 22.0 Å². The molecule has 2 rings (SSSR count). The van der Waals surface area contributed by atoms with E-state index in [1.165, 1.54) is 4.68 Å². The highest BCUT2D eigenvalue weighted by Gasteiger charge is 2.40. The number of nitrogens with zero attached hydrogens (tertiary/aromatic N) is 2. The number of nitrogen functional groups attached to an aromatic ring is 1. The van der Waals surface area contributed by atoms with E-state index in [2.05, 4.69) is 10.2 Å². The Morgan fingerprint density at radius 3 is 2.64 bits per heavy atom. The zero-order valence-electron chi connectivity index (χ0n) is 8.12. The molecule has 0 aromatic carbocycles. The van der Waals surface area contributed by atoms with Gasteiger partial charge < -0.3 is 10.6 Å².